The number of phenolic OH excluding ortho intramolecular Hbond substituents is 1. The van der Waals surface area contributed by atoms with E-state index in [0.29, 0.717) is 28.7 Å². The number of carbonyl (C=O) groups excluding carboxylic acids is 4. The second-order valence-electron chi connectivity index (χ2n) is 12.7. The van der Waals surface area contributed by atoms with E-state index in [2.05, 4.69) is 0 Å². The Kier molecular flexibility index (Phi) is 6.08. The molecule has 3 aliphatic carbocycles. The van der Waals surface area contributed by atoms with E-state index in [9.17, 15) is 19.5 Å². The zero-order valence-electron chi connectivity index (χ0n) is 24.7. The Balaban J connectivity index is 1.47. The Morgan fingerprint density at radius 2 is 1.47 bits per heavy atom. The molecule has 4 aromatic rings. The molecule has 6 atom stereocenters. The summed E-state index contributed by atoms with van der Waals surface area (Å²) < 4.78 is 0. The van der Waals surface area contributed by atoms with Gasteiger partial charge in [-0.2, -0.15) is 0 Å². The molecule has 0 bridgehead atoms. The van der Waals surface area contributed by atoms with Gasteiger partial charge in [-0.25, -0.2) is 0 Å². The average molecular weight is 594 g/mol. The highest BCUT2D eigenvalue weighted by Gasteiger charge is 2.66. The summed E-state index contributed by atoms with van der Waals surface area (Å²) in [6, 6.07) is 29.9. The Morgan fingerprint density at radius 3 is 2.22 bits per heavy atom. The van der Waals surface area contributed by atoms with Gasteiger partial charge in [-0.1, -0.05) is 103 Å². The second kappa shape index (κ2) is 9.96. The standard InChI is InChI=1S/C39H31NO5/c1-40-37(44)27-18-17-26-29(33(27)38(40)45)20-30-36(43)28(22-10-4-2-5-11-22)21-32(42)39(30,24-13-6-3-7-14-24)35(26)34-25-15-9-8-12-23(25)16-19-31(34)41/h2-17,19,21,27,29-30,33,35,41H,18,20H2,1H3. The molecular weight excluding hydrogens is 562 g/mol. The number of carbonyl (C=O) groups is 4. The maximum absolute atomic E-state index is 15.1. The predicted molar refractivity (Wildman–Crippen MR) is 170 cm³/mol. The average Bonchev–Trinajstić information content (AvgIpc) is 3.30. The molecule has 6 heteroatoms. The SMILES string of the molecule is CN1C(=O)C2CC=C3C(CC4C(=O)C(c5ccccc5)=CC(=O)C4(c4ccccc4)C3c3c(O)ccc4ccccc34)C2C1=O. The summed E-state index contributed by atoms with van der Waals surface area (Å²) in [5.74, 6) is -4.00. The summed E-state index contributed by atoms with van der Waals surface area (Å²) in [5, 5.41) is 13.4. The van der Waals surface area contributed by atoms with Crippen LogP contribution in [0.3, 0.4) is 0 Å². The van der Waals surface area contributed by atoms with Crippen LogP contribution in [-0.2, 0) is 24.6 Å². The van der Waals surface area contributed by atoms with Crippen molar-refractivity contribution in [2.45, 2.75) is 24.2 Å². The van der Waals surface area contributed by atoms with E-state index in [1.807, 2.05) is 97.1 Å². The van der Waals surface area contributed by atoms with E-state index in [0.717, 1.165) is 16.3 Å². The fourth-order valence-electron chi connectivity index (χ4n) is 8.93. The summed E-state index contributed by atoms with van der Waals surface area (Å²) in [6.07, 6.45) is 4.12. The summed E-state index contributed by atoms with van der Waals surface area (Å²) in [6.45, 7) is 0. The number of rotatable bonds is 3. The molecule has 45 heavy (non-hydrogen) atoms. The predicted octanol–water partition coefficient (Wildman–Crippen LogP) is 6.00. The van der Waals surface area contributed by atoms with Gasteiger partial charge in [-0.05, 0) is 52.8 Å². The maximum atomic E-state index is 15.1. The Hall–Kier alpha value is -5.10. The van der Waals surface area contributed by atoms with Crippen LogP contribution in [0.4, 0.5) is 0 Å². The number of phenols is 1. The molecule has 1 saturated heterocycles. The van der Waals surface area contributed by atoms with Crippen molar-refractivity contribution in [3.8, 4) is 5.75 Å². The largest absolute Gasteiger partial charge is 0.508 e. The number of amides is 2. The number of ketones is 2. The summed E-state index contributed by atoms with van der Waals surface area (Å²) >= 11 is 0. The Labute approximate surface area is 260 Å². The first-order valence-electron chi connectivity index (χ1n) is 15.5. The van der Waals surface area contributed by atoms with Gasteiger partial charge < -0.3 is 5.11 Å². The fourth-order valence-corrected chi connectivity index (χ4v) is 8.93. The highest BCUT2D eigenvalue weighted by Crippen LogP contribution is 2.65. The van der Waals surface area contributed by atoms with Gasteiger partial charge in [0, 0.05) is 30.0 Å². The van der Waals surface area contributed by atoms with Crippen LogP contribution in [0.15, 0.2) is 115 Å². The number of nitrogens with zero attached hydrogens (tertiary/aromatic N) is 1. The van der Waals surface area contributed by atoms with Crippen molar-refractivity contribution < 1.29 is 24.3 Å². The van der Waals surface area contributed by atoms with Crippen LogP contribution in [0.2, 0.25) is 0 Å². The number of fused-ring (bicyclic) bond motifs is 5. The van der Waals surface area contributed by atoms with Gasteiger partial charge >= 0.3 is 0 Å². The molecule has 2 amide bonds. The van der Waals surface area contributed by atoms with E-state index < -0.39 is 35.0 Å². The van der Waals surface area contributed by atoms with Crippen molar-refractivity contribution in [2.75, 3.05) is 7.05 Å². The molecule has 8 rings (SSSR count). The summed E-state index contributed by atoms with van der Waals surface area (Å²) in [7, 11) is 1.53. The lowest BCUT2D eigenvalue weighted by Crippen LogP contribution is -2.58. The van der Waals surface area contributed by atoms with Crippen molar-refractivity contribution in [2.24, 2.45) is 23.7 Å². The van der Waals surface area contributed by atoms with Crippen LogP contribution >= 0.6 is 0 Å². The van der Waals surface area contributed by atoms with Crippen LogP contribution < -0.4 is 0 Å². The summed E-state index contributed by atoms with van der Waals surface area (Å²) in [5.41, 5.74) is 1.74. The molecule has 2 fully saturated rings. The van der Waals surface area contributed by atoms with Gasteiger partial charge in [0.15, 0.2) is 11.6 Å². The molecule has 1 N–H and O–H groups in total. The van der Waals surface area contributed by atoms with Gasteiger partial charge in [0.05, 0.1) is 17.3 Å². The highest BCUT2D eigenvalue weighted by molar-refractivity contribution is 6.31. The van der Waals surface area contributed by atoms with Crippen LogP contribution in [-0.4, -0.2) is 40.4 Å². The van der Waals surface area contributed by atoms with Crippen LogP contribution in [0.5, 0.6) is 5.75 Å². The summed E-state index contributed by atoms with van der Waals surface area (Å²) in [4.78, 5) is 58.2. The van der Waals surface area contributed by atoms with E-state index in [1.165, 1.54) is 18.0 Å². The third-order valence-corrected chi connectivity index (χ3v) is 10.8. The van der Waals surface area contributed by atoms with Gasteiger partial charge in [-0.15, -0.1) is 0 Å². The lowest BCUT2D eigenvalue weighted by atomic mass is 9.44. The van der Waals surface area contributed by atoms with E-state index in [-0.39, 0.29) is 35.6 Å². The lowest BCUT2D eigenvalue weighted by Gasteiger charge is -2.55. The highest BCUT2D eigenvalue weighted by atomic mass is 16.3. The van der Waals surface area contributed by atoms with E-state index in [1.54, 1.807) is 6.07 Å². The number of allylic oxidation sites excluding steroid dienone is 4. The zero-order valence-corrected chi connectivity index (χ0v) is 24.7. The fraction of sp³-hybridized carbons (Fsp3) is 0.231. The van der Waals surface area contributed by atoms with Gasteiger partial charge in [-0.3, -0.25) is 24.1 Å². The zero-order chi connectivity index (χ0) is 31.0. The van der Waals surface area contributed by atoms with Crippen LogP contribution in [0.1, 0.15) is 35.4 Å². The third-order valence-electron chi connectivity index (χ3n) is 10.8. The third kappa shape index (κ3) is 3.68. The monoisotopic (exact) mass is 593 g/mol. The molecule has 6 unspecified atom stereocenters. The van der Waals surface area contributed by atoms with Gasteiger partial charge in [0.1, 0.15) is 5.75 Å². The van der Waals surface area contributed by atoms with Crippen molar-refractivity contribution >= 4 is 39.7 Å². The van der Waals surface area contributed by atoms with Gasteiger partial charge in [0.25, 0.3) is 0 Å². The molecule has 1 heterocycles. The van der Waals surface area contributed by atoms with Crippen molar-refractivity contribution in [1.82, 2.24) is 4.90 Å². The molecule has 6 nitrogen and oxygen atoms in total. The van der Waals surface area contributed by atoms with Gasteiger partial charge in [0.2, 0.25) is 11.8 Å². The number of hydrogen-bond acceptors (Lipinski definition) is 5. The molecule has 4 aliphatic rings. The minimum Gasteiger partial charge on any atom is -0.508 e. The molecule has 4 aromatic carbocycles. The van der Waals surface area contributed by atoms with Crippen LogP contribution in [0, 0.1) is 23.7 Å². The van der Waals surface area contributed by atoms with Crippen molar-refractivity contribution in [3.63, 3.8) is 0 Å². The molecule has 0 spiro atoms. The van der Waals surface area contributed by atoms with Crippen molar-refractivity contribution in [3.05, 3.63) is 131 Å². The smallest absolute Gasteiger partial charge is 0.233 e. The minimum atomic E-state index is -1.38. The number of Topliss-reactive ketones (excluding diaryl/α,β-unsaturated/α-hetero) is 1. The molecule has 1 saturated carbocycles. The Morgan fingerprint density at radius 1 is 0.778 bits per heavy atom. The number of hydrogen-bond donors (Lipinski definition) is 1. The minimum absolute atomic E-state index is 0.0282. The molecule has 222 valence electrons. The lowest BCUT2D eigenvalue weighted by molar-refractivity contribution is -0.139. The second-order valence-corrected chi connectivity index (χ2v) is 12.7. The molecule has 1 aliphatic heterocycles. The normalized spacial score (nSPS) is 29.2. The number of likely N-dealkylation sites (tertiary alicyclic amines) is 1. The molecule has 0 aromatic heterocycles. The Bertz CT molecular complexity index is 1990. The first-order chi connectivity index (χ1) is 21.8. The van der Waals surface area contributed by atoms with E-state index >= 15 is 4.79 Å². The first-order valence-corrected chi connectivity index (χ1v) is 15.5. The van der Waals surface area contributed by atoms with Crippen LogP contribution in [0.25, 0.3) is 16.3 Å². The van der Waals surface area contributed by atoms with E-state index in [4.69, 9.17) is 0 Å². The number of aromatic hydroxyl groups is 1. The topological polar surface area (TPSA) is 91.8 Å². The quantitative estimate of drug-likeness (QED) is 0.232. The number of benzene rings is 4. The first kappa shape index (κ1) is 27.4. The van der Waals surface area contributed by atoms with Crippen molar-refractivity contribution in [1.29, 1.82) is 0 Å². The molecule has 0 radical (unpaired) electrons. The maximum Gasteiger partial charge on any atom is 0.233 e. The number of imide groups is 1. The molecular formula is C39H31NO5.